The van der Waals surface area contributed by atoms with Crippen molar-refractivity contribution in [3.05, 3.63) is 46.0 Å². The summed E-state index contributed by atoms with van der Waals surface area (Å²) in [6.07, 6.45) is -0.00650. The van der Waals surface area contributed by atoms with Gasteiger partial charge in [0.1, 0.15) is 5.78 Å². The zero-order valence-corrected chi connectivity index (χ0v) is 28.8. The minimum absolute atomic E-state index is 0.0172. The normalized spacial score (nSPS) is 25.7. The van der Waals surface area contributed by atoms with Crippen molar-refractivity contribution in [1.29, 1.82) is 0 Å². The third-order valence-electron chi connectivity index (χ3n) is 9.23. The van der Waals surface area contributed by atoms with Gasteiger partial charge in [-0.3, -0.25) is 9.79 Å². The van der Waals surface area contributed by atoms with Crippen molar-refractivity contribution in [1.82, 2.24) is 5.32 Å². The minimum Gasteiger partial charge on any atom is -0.504 e. The number of Topliss-reactive ketones (excluding diaryl/α,β-unsaturated/α-hetero) is 1. The summed E-state index contributed by atoms with van der Waals surface area (Å²) in [5.74, 6) is 8.46. The van der Waals surface area contributed by atoms with Crippen LogP contribution in [0.25, 0.3) is 0 Å². The molecule has 2 aromatic rings. The molecule has 0 spiro atoms. The van der Waals surface area contributed by atoms with E-state index in [-0.39, 0.29) is 65.9 Å². The maximum absolute atomic E-state index is 12.9. The highest BCUT2D eigenvalue weighted by Crippen LogP contribution is 2.45. The van der Waals surface area contributed by atoms with E-state index in [4.69, 9.17) is 15.2 Å². The molecule has 2 aromatic carbocycles. The van der Waals surface area contributed by atoms with E-state index in [1.165, 1.54) is 13.2 Å². The number of aliphatic imine (C=N–C) groups is 1. The Morgan fingerprint density at radius 3 is 2.64 bits per heavy atom. The number of hydrogen-bond acceptors (Lipinski definition) is 12. The number of nitrogens with zero attached hydrogens (tertiary/aromatic N) is 1. The Morgan fingerprint density at radius 1 is 1.09 bits per heavy atom. The number of aliphatic hydroxyl groups is 2. The number of carbonyl (C=O) groups is 1. The summed E-state index contributed by atoms with van der Waals surface area (Å²) in [4.78, 5) is 17.5. The van der Waals surface area contributed by atoms with Gasteiger partial charge in [-0.2, -0.15) is 0 Å². The summed E-state index contributed by atoms with van der Waals surface area (Å²) in [5, 5.41) is 47.3. The Balaban J connectivity index is 1.49. The van der Waals surface area contributed by atoms with Crippen LogP contribution in [0.15, 0.2) is 23.2 Å². The van der Waals surface area contributed by atoms with Crippen LogP contribution >= 0.6 is 21.6 Å². The Hall–Kier alpha value is -3.24. The van der Waals surface area contributed by atoms with Gasteiger partial charge < -0.3 is 41.0 Å². The molecule has 7 N–H and O–H groups in total. The monoisotopic (exact) mass is 683 g/mol. The average molecular weight is 684 g/mol. The first kappa shape index (κ1) is 35.1. The number of aromatic hydroxyl groups is 2. The molecular formula is C35H45N3O7S2. The number of aliphatic hydroxyl groups excluding tert-OH is 2. The van der Waals surface area contributed by atoms with Crippen LogP contribution in [0.2, 0.25) is 0 Å². The van der Waals surface area contributed by atoms with E-state index < -0.39 is 12.4 Å². The van der Waals surface area contributed by atoms with Crippen molar-refractivity contribution < 1.29 is 34.7 Å². The molecule has 5 rings (SSSR count). The lowest BCUT2D eigenvalue weighted by Gasteiger charge is -2.37. The lowest BCUT2D eigenvalue weighted by atomic mass is 9.81. The molecule has 2 bridgehead atoms. The first-order valence-electron chi connectivity index (χ1n) is 16.1. The lowest BCUT2D eigenvalue weighted by Crippen LogP contribution is -2.45. The summed E-state index contributed by atoms with van der Waals surface area (Å²) in [6.45, 7) is 4.71. The highest BCUT2D eigenvalue weighted by molar-refractivity contribution is 8.76. The highest BCUT2D eigenvalue weighted by Gasteiger charge is 2.38. The maximum Gasteiger partial charge on any atom is 0.201 e. The van der Waals surface area contributed by atoms with Gasteiger partial charge in [0, 0.05) is 60.4 Å². The molecule has 2 heterocycles. The number of ether oxygens (including phenoxy) is 2. The van der Waals surface area contributed by atoms with Gasteiger partial charge in [-0.05, 0) is 54.7 Å². The van der Waals surface area contributed by atoms with Gasteiger partial charge in [0.15, 0.2) is 29.0 Å². The van der Waals surface area contributed by atoms with E-state index in [1.54, 1.807) is 27.7 Å². The van der Waals surface area contributed by atoms with Gasteiger partial charge in [-0.1, -0.05) is 59.4 Å². The summed E-state index contributed by atoms with van der Waals surface area (Å²) >= 11 is 0. The highest BCUT2D eigenvalue weighted by atomic mass is 33.1. The molecule has 12 heteroatoms. The van der Waals surface area contributed by atoms with Gasteiger partial charge in [-0.25, -0.2) is 0 Å². The molecule has 0 aromatic heterocycles. The molecule has 0 saturated carbocycles. The fourth-order valence-corrected chi connectivity index (χ4v) is 9.21. The molecule has 0 amide bonds. The number of carbonyl (C=O) groups excluding carboxylic acids is 1. The van der Waals surface area contributed by atoms with Gasteiger partial charge in [0.2, 0.25) is 6.29 Å². The molecule has 1 aliphatic carbocycles. The van der Waals surface area contributed by atoms with Crippen LogP contribution < -0.4 is 20.5 Å². The van der Waals surface area contributed by atoms with Crippen molar-refractivity contribution in [2.24, 2.45) is 28.5 Å². The minimum atomic E-state index is -1.18. The van der Waals surface area contributed by atoms with Gasteiger partial charge in [-0.15, -0.1) is 0 Å². The van der Waals surface area contributed by atoms with Crippen LogP contribution in [0.1, 0.15) is 60.9 Å². The van der Waals surface area contributed by atoms with Crippen molar-refractivity contribution in [2.45, 2.75) is 77.2 Å². The van der Waals surface area contributed by atoms with Crippen LogP contribution in [0.4, 0.5) is 0 Å². The molecule has 47 heavy (non-hydrogen) atoms. The molecule has 2 aliphatic heterocycles. The fraction of sp³-hybridized carbons (Fsp3) is 0.543. The van der Waals surface area contributed by atoms with Crippen LogP contribution in [-0.4, -0.2) is 75.8 Å². The SMILES string of the molecule is COc1c(O)ccc2c1C#CCc1cc(c3c(c1O)O[C@H](O)[C@H]([C@@H]1CN=C(N)N[C@@H](C(C)C)CSSC1)C3)CC[C@@H](O)CC(=O)CC2. The number of ketones is 1. The van der Waals surface area contributed by atoms with E-state index in [0.29, 0.717) is 55.2 Å². The van der Waals surface area contributed by atoms with Crippen LogP contribution in [0.5, 0.6) is 23.0 Å². The second-order valence-corrected chi connectivity index (χ2v) is 15.4. The first-order valence-corrected chi connectivity index (χ1v) is 18.6. The topological polar surface area (TPSA) is 167 Å². The second-order valence-electron chi connectivity index (χ2n) is 12.8. The lowest BCUT2D eigenvalue weighted by molar-refractivity contribution is -0.121. The summed E-state index contributed by atoms with van der Waals surface area (Å²) in [6, 6.07) is 5.33. The summed E-state index contributed by atoms with van der Waals surface area (Å²) < 4.78 is 11.5. The predicted molar refractivity (Wildman–Crippen MR) is 186 cm³/mol. The van der Waals surface area contributed by atoms with E-state index in [0.717, 1.165) is 28.2 Å². The standard InChI is InChI=1S/C35H45N3O7S2/c1-19(2)29-18-47-46-17-23(16-37-35(36)38-29)28-15-27-21-8-11-25(40)14-24(39)10-7-20-9-12-30(41)32(44-3)26(20)6-4-5-22(13-21)31(42)33(27)45-34(28)43/h9,12-13,19,23,25,28-29,34,40-43H,5,7-8,10-11,14-18H2,1-3H3,(H3,36,37,38)/t23-,25-,28+,29-,34+/m1/s1. The molecule has 3 aliphatic rings. The molecule has 0 saturated heterocycles. The molecular weight excluding hydrogens is 639 g/mol. The zero-order chi connectivity index (χ0) is 33.7. The van der Waals surface area contributed by atoms with E-state index in [2.05, 4.69) is 36.0 Å². The predicted octanol–water partition coefficient (Wildman–Crippen LogP) is 3.71. The number of phenols is 2. The molecule has 0 unspecified atom stereocenters. The molecule has 0 fully saturated rings. The molecule has 0 radical (unpaired) electrons. The molecule has 10 nitrogen and oxygen atoms in total. The van der Waals surface area contributed by atoms with E-state index in [9.17, 15) is 25.2 Å². The number of guanidine groups is 1. The third-order valence-corrected chi connectivity index (χ3v) is 11.8. The van der Waals surface area contributed by atoms with Crippen LogP contribution in [-0.2, 0) is 30.5 Å². The van der Waals surface area contributed by atoms with Crippen LogP contribution in [0.3, 0.4) is 0 Å². The van der Waals surface area contributed by atoms with Gasteiger partial charge >= 0.3 is 0 Å². The third kappa shape index (κ3) is 8.44. The summed E-state index contributed by atoms with van der Waals surface area (Å²) in [5.41, 5.74) is 9.64. The van der Waals surface area contributed by atoms with Gasteiger partial charge in [0.25, 0.3) is 0 Å². The summed E-state index contributed by atoms with van der Waals surface area (Å²) in [7, 11) is 4.97. The number of fused-ring (bicyclic) bond motifs is 5. The van der Waals surface area contributed by atoms with E-state index >= 15 is 0 Å². The number of benzene rings is 2. The van der Waals surface area contributed by atoms with Crippen molar-refractivity contribution in [2.75, 3.05) is 25.2 Å². The number of nitrogens with two attached hydrogens (primary N) is 1. The first-order chi connectivity index (χ1) is 22.5. The Morgan fingerprint density at radius 2 is 1.87 bits per heavy atom. The Bertz CT molecular complexity index is 1550. The molecule has 5 atom stereocenters. The Labute approximate surface area is 284 Å². The average Bonchev–Trinajstić information content (AvgIpc) is 3.04. The largest absolute Gasteiger partial charge is 0.504 e. The number of aryl methyl sites for hydroxylation is 2. The number of hydrogen-bond donors (Lipinski definition) is 6. The van der Waals surface area contributed by atoms with E-state index in [1.807, 2.05) is 6.07 Å². The zero-order valence-electron chi connectivity index (χ0n) is 27.1. The number of rotatable bonds is 3. The van der Waals surface area contributed by atoms with Crippen molar-refractivity contribution in [3.8, 4) is 34.8 Å². The second kappa shape index (κ2) is 15.8. The number of phenolic OH excluding ortho intramolecular Hbond substituents is 2. The Kier molecular flexibility index (Phi) is 11.8. The smallest absolute Gasteiger partial charge is 0.201 e. The number of nitrogens with one attached hydrogen (secondary N) is 1. The maximum atomic E-state index is 12.9. The van der Waals surface area contributed by atoms with Crippen molar-refractivity contribution >= 4 is 33.3 Å². The number of methoxy groups -OCH3 is 1. The van der Waals surface area contributed by atoms with Gasteiger partial charge in [0.05, 0.1) is 18.8 Å². The van der Waals surface area contributed by atoms with Crippen LogP contribution in [0, 0.1) is 29.6 Å². The quantitative estimate of drug-likeness (QED) is 0.206. The fourth-order valence-electron chi connectivity index (χ4n) is 6.33. The van der Waals surface area contributed by atoms with Crippen molar-refractivity contribution in [3.63, 3.8) is 0 Å². The molecule has 254 valence electrons.